The van der Waals surface area contributed by atoms with Gasteiger partial charge in [0.15, 0.2) is 0 Å². The summed E-state index contributed by atoms with van der Waals surface area (Å²) in [5.41, 5.74) is 1.61. The molecule has 1 heterocycles. The molecule has 1 aromatic carbocycles. The fourth-order valence-corrected chi connectivity index (χ4v) is 2.64. The van der Waals surface area contributed by atoms with Crippen molar-refractivity contribution in [3.05, 3.63) is 35.9 Å². The topological polar surface area (TPSA) is 32.3 Å². The third-order valence-electron chi connectivity index (χ3n) is 4.02. The molecule has 0 bridgehead atoms. The van der Waals surface area contributed by atoms with Crippen LogP contribution in [0.25, 0.3) is 0 Å². The molecule has 0 aliphatic carbocycles. The van der Waals surface area contributed by atoms with Crippen LogP contribution in [0.1, 0.15) is 25.3 Å². The average Bonchev–Trinajstić information content (AvgIpc) is 2.41. The average molecular weight is 246 g/mol. The summed E-state index contributed by atoms with van der Waals surface area (Å²) in [7, 11) is 1.82. The normalized spacial score (nSPS) is 18.7. The Labute approximate surface area is 109 Å². The third kappa shape index (κ3) is 2.72. The lowest BCUT2D eigenvalue weighted by atomic mass is 9.74. The van der Waals surface area contributed by atoms with E-state index in [9.17, 15) is 4.79 Å². The van der Waals surface area contributed by atoms with E-state index >= 15 is 0 Å². The third-order valence-corrected chi connectivity index (χ3v) is 4.02. The van der Waals surface area contributed by atoms with Crippen molar-refractivity contribution >= 4 is 5.91 Å². The van der Waals surface area contributed by atoms with Gasteiger partial charge >= 0.3 is 0 Å². The molecule has 1 aromatic rings. The van der Waals surface area contributed by atoms with Gasteiger partial charge in [-0.2, -0.15) is 0 Å². The lowest BCUT2D eigenvalue weighted by Crippen LogP contribution is -2.46. The van der Waals surface area contributed by atoms with E-state index in [4.69, 9.17) is 0 Å². The van der Waals surface area contributed by atoms with E-state index in [0.29, 0.717) is 6.54 Å². The molecule has 1 saturated heterocycles. The van der Waals surface area contributed by atoms with Crippen LogP contribution in [0.4, 0.5) is 0 Å². The number of carbonyl (C=O) groups excluding carboxylic acids is 1. The standard InChI is InChI=1S/C15H22N2O/c1-15(13-6-4-3-5-7-13)8-10-17(11-9-15)14(18)12-16-2/h3-7,16H,8-12H2,1-2H3. The van der Waals surface area contributed by atoms with Crippen LogP contribution < -0.4 is 5.32 Å². The van der Waals surface area contributed by atoms with E-state index in [1.54, 1.807) is 0 Å². The van der Waals surface area contributed by atoms with Crippen LogP contribution in [0.3, 0.4) is 0 Å². The molecule has 3 heteroatoms. The minimum atomic E-state index is 0.215. The summed E-state index contributed by atoms with van der Waals surface area (Å²) < 4.78 is 0. The molecule has 0 aromatic heterocycles. The number of likely N-dealkylation sites (tertiary alicyclic amines) is 1. The van der Waals surface area contributed by atoms with Gasteiger partial charge in [0, 0.05) is 13.1 Å². The molecule has 1 N–H and O–H groups in total. The molecule has 98 valence electrons. The molecule has 0 radical (unpaired) electrons. The van der Waals surface area contributed by atoms with Crippen LogP contribution in [-0.2, 0) is 10.2 Å². The van der Waals surface area contributed by atoms with Gasteiger partial charge in [0.1, 0.15) is 0 Å². The maximum absolute atomic E-state index is 11.8. The summed E-state index contributed by atoms with van der Waals surface area (Å²) in [6.07, 6.45) is 2.10. The molecular formula is C15H22N2O. The molecule has 0 saturated carbocycles. The van der Waals surface area contributed by atoms with Gasteiger partial charge in [0.2, 0.25) is 5.91 Å². The van der Waals surface area contributed by atoms with Gasteiger partial charge in [0.05, 0.1) is 6.54 Å². The van der Waals surface area contributed by atoms with Crippen LogP contribution in [0.15, 0.2) is 30.3 Å². The quantitative estimate of drug-likeness (QED) is 0.882. The van der Waals surface area contributed by atoms with Gasteiger partial charge in [-0.15, -0.1) is 0 Å². The Morgan fingerprint density at radius 1 is 1.28 bits per heavy atom. The molecule has 1 aliphatic heterocycles. The number of hydrogen-bond acceptors (Lipinski definition) is 2. The smallest absolute Gasteiger partial charge is 0.236 e. The fourth-order valence-electron chi connectivity index (χ4n) is 2.64. The maximum Gasteiger partial charge on any atom is 0.236 e. The Kier molecular flexibility index (Phi) is 4.02. The molecule has 1 aliphatic rings. The van der Waals surface area contributed by atoms with Crippen molar-refractivity contribution in [1.29, 1.82) is 0 Å². The van der Waals surface area contributed by atoms with Crippen molar-refractivity contribution in [3.63, 3.8) is 0 Å². The number of rotatable bonds is 3. The van der Waals surface area contributed by atoms with Crippen molar-refractivity contribution in [1.82, 2.24) is 10.2 Å². The highest BCUT2D eigenvalue weighted by Crippen LogP contribution is 2.34. The SMILES string of the molecule is CNCC(=O)N1CCC(C)(c2ccccc2)CC1. The highest BCUT2D eigenvalue weighted by atomic mass is 16.2. The number of nitrogens with zero attached hydrogens (tertiary/aromatic N) is 1. The van der Waals surface area contributed by atoms with Crippen LogP contribution in [0.2, 0.25) is 0 Å². The molecule has 2 rings (SSSR count). The molecule has 3 nitrogen and oxygen atoms in total. The van der Waals surface area contributed by atoms with Gasteiger partial charge < -0.3 is 10.2 Å². The second-order valence-corrected chi connectivity index (χ2v) is 5.34. The van der Waals surface area contributed by atoms with Crippen LogP contribution in [0, 0.1) is 0 Å². The number of carbonyl (C=O) groups is 1. The predicted octanol–water partition coefficient (Wildman–Crippen LogP) is 1.79. The zero-order valence-electron chi connectivity index (χ0n) is 11.3. The molecular weight excluding hydrogens is 224 g/mol. The van der Waals surface area contributed by atoms with E-state index in [0.717, 1.165) is 25.9 Å². The Balaban J connectivity index is 1.99. The molecule has 18 heavy (non-hydrogen) atoms. The first-order valence-electron chi connectivity index (χ1n) is 6.64. The number of benzene rings is 1. The van der Waals surface area contributed by atoms with Crippen molar-refractivity contribution < 1.29 is 4.79 Å². The first-order chi connectivity index (χ1) is 8.65. The van der Waals surface area contributed by atoms with Gasteiger partial charge in [-0.25, -0.2) is 0 Å². The number of piperidine rings is 1. The van der Waals surface area contributed by atoms with Gasteiger partial charge in [0.25, 0.3) is 0 Å². The van der Waals surface area contributed by atoms with Crippen molar-refractivity contribution in [3.8, 4) is 0 Å². The molecule has 0 atom stereocenters. The number of nitrogens with one attached hydrogen (secondary N) is 1. The monoisotopic (exact) mass is 246 g/mol. The predicted molar refractivity (Wildman–Crippen MR) is 73.5 cm³/mol. The van der Waals surface area contributed by atoms with Crippen molar-refractivity contribution in [2.24, 2.45) is 0 Å². The van der Waals surface area contributed by atoms with Gasteiger partial charge in [-0.3, -0.25) is 4.79 Å². The number of amides is 1. The summed E-state index contributed by atoms with van der Waals surface area (Å²) in [6, 6.07) is 10.6. The largest absolute Gasteiger partial charge is 0.342 e. The van der Waals surface area contributed by atoms with Crippen LogP contribution in [-0.4, -0.2) is 37.5 Å². The zero-order valence-corrected chi connectivity index (χ0v) is 11.3. The zero-order chi connectivity index (χ0) is 13.0. The van der Waals surface area contributed by atoms with E-state index in [2.05, 4.69) is 42.6 Å². The summed E-state index contributed by atoms with van der Waals surface area (Å²) in [5.74, 6) is 0.215. The minimum absolute atomic E-state index is 0.215. The summed E-state index contributed by atoms with van der Waals surface area (Å²) in [6.45, 7) is 4.49. The van der Waals surface area contributed by atoms with Crippen LogP contribution in [0.5, 0.6) is 0 Å². The van der Waals surface area contributed by atoms with Gasteiger partial charge in [-0.1, -0.05) is 37.3 Å². The van der Waals surface area contributed by atoms with Gasteiger partial charge in [-0.05, 0) is 30.9 Å². The lowest BCUT2D eigenvalue weighted by molar-refractivity contribution is -0.131. The highest BCUT2D eigenvalue weighted by molar-refractivity contribution is 5.78. The molecule has 1 fully saturated rings. The van der Waals surface area contributed by atoms with E-state index in [-0.39, 0.29) is 11.3 Å². The summed E-state index contributed by atoms with van der Waals surface area (Å²) in [5, 5.41) is 2.93. The highest BCUT2D eigenvalue weighted by Gasteiger charge is 2.32. The molecule has 0 spiro atoms. The first kappa shape index (κ1) is 13.1. The Morgan fingerprint density at radius 3 is 2.44 bits per heavy atom. The summed E-state index contributed by atoms with van der Waals surface area (Å²) >= 11 is 0. The summed E-state index contributed by atoms with van der Waals surface area (Å²) in [4.78, 5) is 13.8. The maximum atomic E-state index is 11.8. The fraction of sp³-hybridized carbons (Fsp3) is 0.533. The Morgan fingerprint density at radius 2 is 1.89 bits per heavy atom. The molecule has 1 amide bonds. The molecule has 0 unspecified atom stereocenters. The Bertz CT molecular complexity index is 394. The Hall–Kier alpha value is -1.35. The van der Waals surface area contributed by atoms with E-state index in [1.807, 2.05) is 11.9 Å². The second kappa shape index (κ2) is 5.53. The number of hydrogen-bond donors (Lipinski definition) is 1. The minimum Gasteiger partial charge on any atom is -0.342 e. The second-order valence-electron chi connectivity index (χ2n) is 5.34. The van der Waals surface area contributed by atoms with E-state index < -0.39 is 0 Å². The first-order valence-corrected chi connectivity index (χ1v) is 6.64. The van der Waals surface area contributed by atoms with Crippen LogP contribution >= 0.6 is 0 Å². The van der Waals surface area contributed by atoms with Crippen molar-refractivity contribution in [2.45, 2.75) is 25.2 Å². The lowest BCUT2D eigenvalue weighted by Gasteiger charge is -2.40. The number of likely N-dealkylation sites (N-methyl/N-ethyl adjacent to an activating group) is 1. The van der Waals surface area contributed by atoms with Crippen molar-refractivity contribution in [2.75, 3.05) is 26.7 Å². The van der Waals surface area contributed by atoms with E-state index in [1.165, 1.54) is 5.56 Å².